The lowest BCUT2D eigenvalue weighted by Crippen LogP contribution is -2.60. The number of fused-ring (bicyclic) bond motifs is 1. The summed E-state index contributed by atoms with van der Waals surface area (Å²) < 4.78 is 0. The number of carbonyl (C=O) groups is 1. The van der Waals surface area contributed by atoms with E-state index in [1.54, 1.807) is 6.92 Å². The lowest BCUT2D eigenvalue weighted by atomic mass is 9.92. The zero-order valence-electron chi connectivity index (χ0n) is 12.4. The van der Waals surface area contributed by atoms with E-state index in [1.807, 2.05) is 0 Å². The van der Waals surface area contributed by atoms with Crippen LogP contribution in [0.3, 0.4) is 0 Å². The first kappa shape index (κ1) is 14.8. The van der Waals surface area contributed by atoms with Crippen molar-refractivity contribution in [2.75, 3.05) is 19.6 Å². The first-order valence-electron chi connectivity index (χ1n) is 7.40. The molecule has 4 unspecified atom stereocenters. The van der Waals surface area contributed by atoms with Crippen LogP contribution in [0.4, 0.5) is 0 Å². The quantitative estimate of drug-likeness (QED) is 0.760. The van der Waals surface area contributed by atoms with Crippen LogP contribution < -0.4 is 11.5 Å². The van der Waals surface area contributed by atoms with Gasteiger partial charge < -0.3 is 11.5 Å². The van der Waals surface area contributed by atoms with Crippen LogP contribution in [0.2, 0.25) is 0 Å². The molecular formula is C14H28N4O. The Morgan fingerprint density at radius 3 is 2.79 bits per heavy atom. The van der Waals surface area contributed by atoms with Crippen LogP contribution in [0.25, 0.3) is 0 Å². The maximum atomic E-state index is 11.4. The molecule has 2 aliphatic rings. The Hall–Kier alpha value is -0.650. The second-order valence-corrected chi connectivity index (χ2v) is 6.67. The number of amides is 1. The van der Waals surface area contributed by atoms with Crippen LogP contribution in [0, 0.1) is 0 Å². The van der Waals surface area contributed by atoms with Gasteiger partial charge in [-0.25, -0.2) is 0 Å². The lowest BCUT2D eigenvalue weighted by Gasteiger charge is -2.46. The molecule has 1 amide bonds. The number of carbonyl (C=O) groups excluding carboxylic acids is 1. The molecule has 0 aromatic carbocycles. The van der Waals surface area contributed by atoms with Crippen LogP contribution in [0.1, 0.15) is 40.0 Å². The summed E-state index contributed by atoms with van der Waals surface area (Å²) >= 11 is 0. The van der Waals surface area contributed by atoms with Crippen molar-refractivity contribution >= 4 is 5.91 Å². The number of hydrogen-bond acceptors (Lipinski definition) is 4. The Balaban J connectivity index is 1.98. The van der Waals surface area contributed by atoms with Crippen LogP contribution >= 0.6 is 0 Å². The van der Waals surface area contributed by atoms with E-state index in [0.717, 1.165) is 13.1 Å². The number of hydrogen-bond donors (Lipinski definition) is 2. The van der Waals surface area contributed by atoms with E-state index in [4.69, 9.17) is 11.5 Å². The van der Waals surface area contributed by atoms with E-state index in [9.17, 15) is 4.79 Å². The second-order valence-electron chi connectivity index (χ2n) is 6.67. The molecule has 2 fully saturated rings. The number of nitrogens with zero attached hydrogens (tertiary/aromatic N) is 2. The number of piperazine rings is 1. The van der Waals surface area contributed by atoms with Crippen molar-refractivity contribution in [1.29, 1.82) is 0 Å². The van der Waals surface area contributed by atoms with E-state index in [0.29, 0.717) is 24.5 Å². The predicted molar refractivity (Wildman–Crippen MR) is 76.6 cm³/mol. The van der Waals surface area contributed by atoms with E-state index >= 15 is 0 Å². The van der Waals surface area contributed by atoms with E-state index in [2.05, 4.69) is 23.6 Å². The van der Waals surface area contributed by atoms with Crippen molar-refractivity contribution in [3.63, 3.8) is 0 Å². The normalized spacial score (nSPS) is 33.7. The fraction of sp³-hybridized carbons (Fsp3) is 0.929. The van der Waals surface area contributed by atoms with Gasteiger partial charge in [-0.1, -0.05) is 0 Å². The molecule has 110 valence electrons. The summed E-state index contributed by atoms with van der Waals surface area (Å²) in [6.07, 6.45) is 3.24. The zero-order valence-corrected chi connectivity index (χ0v) is 12.4. The number of primary amides is 1. The Labute approximate surface area is 116 Å². The summed E-state index contributed by atoms with van der Waals surface area (Å²) in [5.74, 6) is -0.411. The highest BCUT2D eigenvalue weighted by Crippen LogP contribution is 2.27. The van der Waals surface area contributed by atoms with Gasteiger partial charge in [-0.2, -0.15) is 0 Å². The molecule has 0 saturated carbocycles. The number of rotatable bonds is 4. The zero-order chi connectivity index (χ0) is 14.2. The molecule has 2 heterocycles. The van der Waals surface area contributed by atoms with Crippen molar-refractivity contribution in [3.8, 4) is 0 Å². The molecule has 19 heavy (non-hydrogen) atoms. The highest BCUT2D eigenvalue weighted by molar-refractivity contribution is 5.83. The van der Waals surface area contributed by atoms with Gasteiger partial charge in [0.25, 0.3) is 0 Å². The second kappa shape index (κ2) is 5.38. The topological polar surface area (TPSA) is 75.6 Å². The SMILES string of the molecule is CC1CN2CCCC2CN1C(C)CC(C)(N)C(N)=O. The molecule has 4 N–H and O–H groups in total. The predicted octanol–water partition coefficient (Wildman–Crippen LogP) is 0.136. The van der Waals surface area contributed by atoms with Crippen molar-refractivity contribution in [1.82, 2.24) is 9.80 Å². The fourth-order valence-electron chi connectivity index (χ4n) is 3.66. The van der Waals surface area contributed by atoms with Crippen molar-refractivity contribution in [3.05, 3.63) is 0 Å². The molecule has 4 atom stereocenters. The molecule has 5 heteroatoms. The minimum atomic E-state index is -0.911. The fourth-order valence-corrected chi connectivity index (χ4v) is 3.66. The van der Waals surface area contributed by atoms with Crippen LogP contribution in [0.15, 0.2) is 0 Å². The Morgan fingerprint density at radius 2 is 2.16 bits per heavy atom. The van der Waals surface area contributed by atoms with Gasteiger partial charge >= 0.3 is 0 Å². The number of nitrogens with two attached hydrogens (primary N) is 2. The highest BCUT2D eigenvalue weighted by atomic mass is 16.1. The highest BCUT2D eigenvalue weighted by Gasteiger charge is 2.38. The van der Waals surface area contributed by atoms with Gasteiger partial charge in [-0.15, -0.1) is 0 Å². The Kier molecular flexibility index (Phi) is 4.18. The summed E-state index contributed by atoms with van der Waals surface area (Å²) in [7, 11) is 0. The molecule has 2 saturated heterocycles. The van der Waals surface area contributed by atoms with Gasteiger partial charge in [-0.05, 0) is 46.6 Å². The molecule has 2 aliphatic heterocycles. The maximum Gasteiger partial charge on any atom is 0.237 e. The molecule has 2 rings (SSSR count). The standard InChI is InChI=1S/C14H28N4O/c1-10(7-14(3,16)13(15)19)18-9-12-5-4-6-17(12)8-11(18)2/h10-12H,4-9,16H2,1-3H3,(H2,15,19). The van der Waals surface area contributed by atoms with Crippen molar-refractivity contribution in [2.24, 2.45) is 11.5 Å². The third kappa shape index (κ3) is 3.09. The van der Waals surface area contributed by atoms with Gasteiger partial charge in [0, 0.05) is 31.2 Å². The summed E-state index contributed by atoms with van der Waals surface area (Å²) in [5, 5.41) is 0. The van der Waals surface area contributed by atoms with Crippen LogP contribution in [0.5, 0.6) is 0 Å². The van der Waals surface area contributed by atoms with Crippen LogP contribution in [-0.4, -0.2) is 59.0 Å². The summed E-state index contributed by atoms with van der Waals surface area (Å²) in [5.41, 5.74) is 10.5. The smallest absolute Gasteiger partial charge is 0.237 e. The summed E-state index contributed by atoms with van der Waals surface area (Å²) in [6.45, 7) is 9.64. The monoisotopic (exact) mass is 268 g/mol. The molecular weight excluding hydrogens is 240 g/mol. The molecule has 0 aliphatic carbocycles. The van der Waals surface area contributed by atoms with Gasteiger partial charge in [0.05, 0.1) is 5.54 Å². The van der Waals surface area contributed by atoms with Gasteiger partial charge in [0.1, 0.15) is 0 Å². The molecule has 0 aromatic heterocycles. The Morgan fingerprint density at radius 1 is 1.47 bits per heavy atom. The first-order chi connectivity index (χ1) is 8.81. The Bertz CT molecular complexity index is 344. The van der Waals surface area contributed by atoms with Gasteiger partial charge in [0.2, 0.25) is 5.91 Å². The summed E-state index contributed by atoms with van der Waals surface area (Å²) in [4.78, 5) is 16.5. The van der Waals surface area contributed by atoms with Crippen molar-refractivity contribution in [2.45, 2.75) is 63.7 Å². The molecule has 0 aromatic rings. The van der Waals surface area contributed by atoms with Crippen LogP contribution in [-0.2, 0) is 4.79 Å². The molecule has 0 radical (unpaired) electrons. The molecule has 0 spiro atoms. The summed E-state index contributed by atoms with van der Waals surface area (Å²) in [6, 6.07) is 1.50. The average Bonchev–Trinajstić information content (AvgIpc) is 2.73. The molecule has 5 nitrogen and oxygen atoms in total. The minimum Gasteiger partial charge on any atom is -0.368 e. The van der Waals surface area contributed by atoms with E-state index in [-0.39, 0.29) is 0 Å². The minimum absolute atomic E-state index is 0.292. The third-order valence-electron chi connectivity index (χ3n) is 4.83. The third-order valence-corrected chi connectivity index (χ3v) is 4.83. The largest absolute Gasteiger partial charge is 0.368 e. The lowest BCUT2D eigenvalue weighted by molar-refractivity contribution is -0.123. The maximum absolute atomic E-state index is 11.4. The van der Waals surface area contributed by atoms with Gasteiger partial charge in [0.15, 0.2) is 0 Å². The van der Waals surface area contributed by atoms with Crippen molar-refractivity contribution < 1.29 is 4.79 Å². The van der Waals surface area contributed by atoms with Gasteiger partial charge in [-0.3, -0.25) is 14.6 Å². The molecule has 0 bridgehead atoms. The van der Waals surface area contributed by atoms with E-state index in [1.165, 1.54) is 19.4 Å². The first-order valence-corrected chi connectivity index (χ1v) is 7.40. The average molecular weight is 268 g/mol. The van der Waals surface area contributed by atoms with E-state index < -0.39 is 11.4 Å².